The Morgan fingerprint density at radius 3 is 2.52 bits per heavy atom. The van der Waals surface area contributed by atoms with Crippen LogP contribution in [-0.2, 0) is 19.5 Å². The molecule has 0 radical (unpaired) electrons. The van der Waals surface area contributed by atoms with E-state index in [4.69, 9.17) is 9.47 Å². The molecular weight excluding hydrogens is 398 g/mol. The summed E-state index contributed by atoms with van der Waals surface area (Å²) in [6.45, 7) is 8.31. The van der Waals surface area contributed by atoms with Crippen molar-refractivity contribution in [2.75, 3.05) is 64.8 Å². The molecule has 2 heterocycles. The lowest BCUT2D eigenvalue weighted by atomic mass is 10.1. The summed E-state index contributed by atoms with van der Waals surface area (Å²) in [4.78, 5) is 20.0. The third-order valence-corrected chi connectivity index (χ3v) is 6.19. The van der Waals surface area contributed by atoms with Crippen LogP contribution in [0.2, 0.25) is 0 Å². The zero-order chi connectivity index (χ0) is 21.1. The Morgan fingerprint density at radius 1 is 1.17 bits per heavy atom. The predicted octanol–water partition coefficient (Wildman–Crippen LogP) is 0.215. The standard InChI is InChI=1S/C18H35N5O5S/c1-3-19-17(22-9-11-23(12-10-22)18(24)27-4-2)20-8-14-29(25,26)21-15-16-7-5-6-13-28-16/h16,21H,3-15H2,1-2H3,(H,19,20). The number of nitrogens with zero attached hydrogens (tertiary/aromatic N) is 3. The van der Waals surface area contributed by atoms with Crippen LogP contribution in [0.1, 0.15) is 33.1 Å². The molecule has 2 rings (SSSR count). The van der Waals surface area contributed by atoms with Gasteiger partial charge in [-0.3, -0.25) is 4.99 Å². The SMILES string of the molecule is CCNC(=NCCS(=O)(=O)NCC1CCCCO1)N1CCN(C(=O)OCC)CC1. The summed E-state index contributed by atoms with van der Waals surface area (Å²) in [5, 5.41) is 3.20. The average Bonchev–Trinajstić information content (AvgIpc) is 2.73. The van der Waals surface area contributed by atoms with Gasteiger partial charge in [0.2, 0.25) is 10.0 Å². The highest BCUT2D eigenvalue weighted by Gasteiger charge is 2.24. The first-order chi connectivity index (χ1) is 13.9. The molecule has 1 atom stereocenters. The summed E-state index contributed by atoms with van der Waals surface area (Å²) >= 11 is 0. The van der Waals surface area contributed by atoms with Crippen molar-refractivity contribution in [2.45, 2.75) is 39.2 Å². The quantitative estimate of drug-likeness (QED) is 0.416. The zero-order valence-electron chi connectivity index (χ0n) is 17.6. The maximum atomic E-state index is 12.2. The minimum atomic E-state index is -3.40. The van der Waals surface area contributed by atoms with Gasteiger partial charge in [-0.15, -0.1) is 0 Å². The first kappa shape index (κ1) is 23.7. The van der Waals surface area contributed by atoms with E-state index in [0.717, 1.165) is 19.3 Å². The first-order valence-electron chi connectivity index (χ1n) is 10.5. The molecular formula is C18H35N5O5S. The van der Waals surface area contributed by atoms with Gasteiger partial charge in [-0.25, -0.2) is 17.9 Å². The highest BCUT2D eigenvalue weighted by atomic mass is 32.2. The molecule has 0 aromatic rings. The first-order valence-corrected chi connectivity index (χ1v) is 12.1. The van der Waals surface area contributed by atoms with Crippen LogP contribution in [-0.4, -0.2) is 101 Å². The second kappa shape index (κ2) is 12.2. The minimum Gasteiger partial charge on any atom is -0.450 e. The van der Waals surface area contributed by atoms with Crippen LogP contribution in [0.15, 0.2) is 4.99 Å². The van der Waals surface area contributed by atoms with E-state index in [1.807, 2.05) is 11.8 Å². The molecule has 2 aliphatic rings. The largest absolute Gasteiger partial charge is 0.450 e. The maximum absolute atomic E-state index is 12.2. The lowest BCUT2D eigenvalue weighted by molar-refractivity contribution is 0.0200. The molecule has 0 aliphatic carbocycles. The number of rotatable bonds is 8. The lowest BCUT2D eigenvalue weighted by Crippen LogP contribution is -2.54. The Hall–Kier alpha value is -1.59. The molecule has 2 N–H and O–H groups in total. The highest BCUT2D eigenvalue weighted by Crippen LogP contribution is 2.12. The molecule has 0 saturated carbocycles. The van der Waals surface area contributed by atoms with E-state index in [-0.39, 0.29) is 24.5 Å². The van der Waals surface area contributed by atoms with Crippen molar-refractivity contribution in [2.24, 2.45) is 4.99 Å². The van der Waals surface area contributed by atoms with Crippen molar-refractivity contribution in [3.05, 3.63) is 0 Å². The van der Waals surface area contributed by atoms with Crippen LogP contribution in [0.25, 0.3) is 0 Å². The van der Waals surface area contributed by atoms with Crippen molar-refractivity contribution in [1.82, 2.24) is 19.8 Å². The Kier molecular flexibility index (Phi) is 9.95. The zero-order valence-corrected chi connectivity index (χ0v) is 18.4. The van der Waals surface area contributed by atoms with Crippen molar-refractivity contribution in [3.63, 3.8) is 0 Å². The molecule has 11 heteroatoms. The summed E-state index contributed by atoms with van der Waals surface area (Å²) in [6.07, 6.45) is 2.68. The van der Waals surface area contributed by atoms with Crippen LogP contribution in [0, 0.1) is 0 Å². The lowest BCUT2D eigenvalue weighted by Gasteiger charge is -2.35. The van der Waals surface area contributed by atoms with Crippen LogP contribution >= 0.6 is 0 Å². The number of carbonyl (C=O) groups is 1. The van der Waals surface area contributed by atoms with Gasteiger partial charge in [0.1, 0.15) is 0 Å². The Morgan fingerprint density at radius 2 is 1.90 bits per heavy atom. The van der Waals surface area contributed by atoms with Crippen LogP contribution in [0.4, 0.5) is 4.79 Å². The van der Waals surface area contributed by atoms with Gasteiger partial charge in [0.05, 0.1) is 25.0 Å². The van der Waals surface area contributed by atoms with Gasteiger partial charge in [0.15, 0.2) is 5.96 Å². The number of hydrogen-bond donors (Lipinski definition) is 2. The summed E-state index contributed by atoms with van der Waals surface area (Å²) in [7, 11) is -3.40. The third-order valence-electron chi connectivity index (χ3n) is 4.87. The van der Waals surface area contributed by atoms with E-state index >= 15 is 0 Å². The van der Waals surface area contributed by atoms with Gasteiger partial charge < -0.3 is 24.6 Å². The van der Waals surface area contributed by atoms with Crippen molar-refractivity contribution in [1.29, 1.82) is 0 Å². The van der Waals surface area contributed by atoms with Crippen molar-refractivity contribution < 1.29 is 22.7 Å². The number of piperazine rings is 1. The molecule has 0 bridgehead atoms. The molecule has 0 aromatic carbocycles. The number of guanidine groups is 1. The second-order valence-corrected chi connectivity index (χ2v) is 8.99. The normalized spacial score (nSPS) is 21.2. The van der Waals surface area contributed by atoms with Crippen LogP contribution in [0.5, 0.6) is 0 Å². The fourth-order valence-corrected chi connectivity index (χ4v) is 4.19. The molecule has 10 nitrogen and oxygen atoms in total. The summed E-state index contributed by atoms with van der Waals surface area (Å²) in [5.41, 5.74) is 0. The van der Waals surface area contributed by atoms with E-state index in [2.05, 4.69) is 15.0 Å². The average molecular weight is 434 g/mol. The molecule has 0 aromatic heterocycles. The van der Waals surface area contributed by atoms with Crippen LogP contribution < -0.4 is 10.0 Å². The number of hydrogen-bond acceptors (Lipinski definition) is 6. The Labute approximate surface area is 174 Å². The third kappa shape index (κ3) is 8.35. The van der Waals surface area contributed by atoms with Crippen molar-refractivity contribution in [3.8, 4) is 0 Å². The van der Waals surface area contributed by atoms with Crippen molar-refractivity contribution >= 4 is 22.1 Å². The Balaban J connectivity index is 1.80. The van der Waals surface area contributed by atoms with E-state index in [0.29, 0.717) is 58.4 Å². The summed E-state index contributed by atoms with van der Waals surface area (Å²) in [6, 6.07) is 0. The predicted molar refractivity (Wildman–Crippen MR) is 112 cm³/mol. The monoisotopic (exact) mass is 433 g/mol. The summed E-state index contributed by atoms with van der Waals surface area (Å²) < 4.78 is 37.7. The number of aliphatic imine (C=N–C) groups is 1. The van der Waals surface area contributed by atoms with Gasteiger partial charge in [-0.2, -0.15) is 0 Å². The summed E-state index contributed by atoms with van der Waals surface area (Å²) in [5.74, 6) is 0.596. The van der Waals surface area contributed by atoms with Gasteiger partial charge in [-0.05, 0) is 33.1 Å². The van der Waals surface area contributed by atoms with Gasteiger partial charge >= 0.3 is 6.09 Å². The number of carbonyl (C=O) groups excluding carboxylic acids is 1. The highest BCUT2D eigenvalue weighted by molar-refractivity contribution is 7.89. The maximum Gasteiger partial charge on any atom is 0.409 e. The van der Waals surface area contributed by atoms with Gasteiger partial charge in [0, 0.05) is 45.9 Å². The number of ether oxygens (including phenoxy) is 2. The molecule has 1 unspecified atom stereocenters. The molecule has 168 valence electrons. The number of nitrogens with one attached hydrogen (secondary N) is 2. The minimum absolute atomic E-state index is 0.0324. The van der Waals surface area contributed by atoms with E-state index < -0.39 is 10.0 Å². The fraction of sp³-hybridized carbons (Fsp3) is 0.889. The fourth-order valence-electron chi connectivity index (χ4n) is 3.27. The number of amides is 1. The van der Waals surface area contributed by atoms with Crippen LogP contribution in [0.3, 0.4) is 0 Å². The van der Waals surface area contributed by atoms with E-state index in [9.17, 15) is 13.2 Å². The smallest absolute Gasteiger partial charge is 0.409 e. The van der Waals surface area contributed by atoms with E-state index in [1.54, 1.807) is 11.8 Å². The molecule has 2 aliphatic heterocycles. The topological polar surface area (TPSA) is 113 Å². The molecule has 2 fully saturated rings. The van der Waals surface area contributed by atoms with Gasteiger partial charge in [0.25, 0.3) is 0 Å². The molecule has 1 amide bonds. The Bertz CT molecular complexity index is 629. The second-order valence-electron chi connectivity index (χ2n) is 7.06. The molecule has 29 heavy (non-hydrogen) atoms. The van der Waals surface area contributed by atoms with Gasteiger partial charge in [-0.1, -0.05) is 0 Å². The molecule has 0 spiro atoms. The van der Waals surface area contributed by atoms with E-state index in [1.165, 1.54) is 0 Å². The molecule has 2 saturated heterocycles. The number of sulfonamides is 1.